The molecule has 1 aromatic heterocycles. The van der Waals surface area contributed by atoms with Gasteiger partial charge in [0.25, 0.3) is 0 Å². The van der Waals surface area contributed by atoms with Crippen molar-refractivity contribution < 1.29 is 13.2 Å². The largest absolute Gasteiger partial charge is 0.299 e. The summed E-state index contributed by atoms with van der Waals surface area (Å²) >= 11 is 1.22. The maximum Gasteiger partial charge on any atom is 0.191 e. The molecule has 1 aliphatic rings. The van der Waals surface area contributed by atoms with Crippen molar-refractivity contribution in [3.8, 4) is 0 Å². The third-order valence-electron chi connectivity index (χ3n) is 2.91. The van der Waals surface area contributed by atoms with E-state index < -0.39 is 15.1 Å². The second-order valence-electron chi connectivity index (χ2n) is 3.81. The van der Waals surface area contributed by atoms with Gasteiger partial charge < -0.3 is 0 Å². The van der Waals surface area contributed by atoms with Gasteiger partial charge in [-0.25, -0.2) is 8.42 Å². The zero-order chi connectivity index (χ0) is 11.1. The fourth-order valence-corrected chi connectivity index (χ4v) is 5.17. The van der Waals surface area contributed by atoms with E-state index in [1.807, 2.05) is 0 Å². The van der Waals surface area contributed by atoms with Gasteiger partial charge in [0.2, 0.25) is 0 Å². The van der Waals surface area contributed by atoms with Crippen LogP contribution in [-0.2, 0) is 14.6 Å². The Labute approximate surface area is 93.0 Å². The van der Waals surface area contributed by atoms with E-state index >= 15 is 0 Å². The van der Waals surface area contributed by atoms with Crippen LogP contribution < -0.4 is 0 Å². The molecule has 1 aliphatic carbocycles. The maximum absolute atomic E-state index is 12.1. The number of ketones is 1. The summed E-state index contributed by atoms with van der Waals surface area (Å²) in [5, 5.41) is 1.23. The van der Waals surface area contributed by atoms with E-state index in [4.69, 9.17) is 0 Å². The summed E-state index contributed by atoms with van der Waals surface area (Å²) in [5.74, 6) is -0.280. The lowest BCUT2D eigenvalue weighted by Gasteiger charge is -2.13. The highest BCUT2D eigenvalue weighted by atomic mass is 32.2. The van der Waals surface area contributed by atoms with Crippen LogP contribution in [0.15, 0.2) is 21.7 Å². The van der Waals surface area contributed by atoms with E-state index in [1.165, 1.54) is 11.3 Å². The zero-order valence-electron chi connectivity index (χ0n) is 8.34. The predicted molar refractivity (Wildman–Crippen MR) is 58.7 cm³/mol. The average Bonchev–Trinajstić information content (AvgIpc) is 2.78. The first kappa shape index (κ1) is 10.8. The summed E-state index contributed by atoms with van der Waals surface area (Å²) in [7, 11) is -3.28. The minimum absolute atomic E-state index is 0.0696. The lowest BCUT2D eigenvalue weighted by molar-refractivity contribution is -0.120. The Bertz CT molecular complexity index is 459. The van der Waals surface area contributed by atoms with Crippen LogP contribution in [0.3, 0.4) is 0 Å². The fraction of sp³-hybridized carbons (Fsp3) is 0.500. The van der Waals surface area contributed by atoms with Gasteiger partial charge in [-0.2, -0.15) is 0 Å². The number of carbonyl (C=O) groups is 1. The van der Waals surface area contributed by atoms with Crippen LogP contribution in [0.1, 0.15) is 19.8 Å². The molecule has 0 bridgehead atoms. The molecule has 0 radical (unpaired) electrons. The first-order valence-electron chi connectivity index (χ1n) is 4.83. The average molecular weight is 244 g/mol. The highest BCUT2D eigenvalue weighted by Crippen LogP contribution is 2.33. The molecular weight excluding hydrogens is 232 g/mol. The van der Waals surface area contributed by atoms with Crippen molar-refractivity contribution in [2.75, 3.05) is 0 Å². The van der Waals surface area contributed by atoms with E-state index in [1.54, 1.807) is 24.4 Å². The number of thiophene rings is 1. The van der Waals surface area contributed by atoms with Crippen molar-refractivity contribution in [3.63, 3.8) is 0 Å². The molecule has 0 saturated heterocycles. The summed E-state index contributed by atoms with van der Waals surface area (Å²) in [6.45, 7) is 1.71. The van der Waals surface area contributed by atoms with Gasteiger partial charge >= 0.3 is 0 Å². The molecule has 2 atom stereocenters. The van der Waals surface area contributed by atoms with Gasteiger partial charge in [-0.05, 0) is 17.9 Å². The third kappa shape index (κ3) is 1.74. The van der Waals surface area contributed by atoms with E-state index in [0.717, 1.165) is 0 Å². The Morgan fingerprint density at radius 1 is 1.47 bits per heavy atom. The molecule has 1 aromatic rings. The van der Waals surface area contributed by atoms with E-state index in [2.05, 4.69) is 0 Å². The normalized spacial score (nSPS) is 27.1. The molecule has 2 unspecified atom stereocenters. The SMILES string of the molecule is CC1C(=O)CCC1S(=O)(=O)c1cccs1. The molecule has 0 amide bonds. The molecule has 1 heterocycles. The quantitative estimate of drug-likeness (QED) is 0.798. The second-order valence-corrected chi connectivity index (χ2v) is 7.15. The topological polar surface area (TPSA) is 51.2 Å². The number of hydrogen-bond donors (Lipinski definition) is 0. The molecule has 0 aromatic carbocycles. The van der Waals surface area contributed by atoms with E-state index in [0.29, 0.717) is 17.1 Å². The Morgan fingerprint density at radius 3 is 2.67 bits per heavy atom. The molecule has 2 rings (SSSR count). The van der Waals surface area contributed by atoms with Gasteiger partial charge in [0.05, 0.1) is 5.25 Å². The molecule has 0 N–H and O–H groups in total. The first-order valence-corrected chi connectivity index (χ1v) is 7.26. The Kier molecular flexibility index (Phi) is 2.68. The minimum Gasteiger partial charge on any atom is -0.299 e. The van der Waals surface area contributed by atoms with Gasteiger partial charge in [0.1, 0.15) is 9.99 Å². The zero-order valence-corrected chi connectivity index (χ0v) is 9.98. The molecule has 3 nitrogen and oxygen atoms in total. The Hall–Kier alpha value is -0.680. The molecule has 0 aliphatic heterocycles. The lowest BCUT2D eigenvalue weighted by Crippen LogP contribution is -2.25. The van der Waals surface area contributed by atoms with Crippen molar-refractivity contribution in [1.29, 1.82) is 0 Å². The van der Waals surface area contributed by atoms with Gasteiger partial charge in [-0.15, -0.1) is 11.3 Å². The van der Waals surface area contributed by atoms with Crippen LogP contribution in [0.25, 0.3) is 0 Å². The number of carbonyl (C=O) groups excluding carboxylic acids is 1. The third-order valence-corrected chi connectivity index (χ3v) is 6.70. The number of sulfone groups is 1. The number of Topliss-reactive ketones (excluding diaryl/α,β-unsaturated/α-hetero) is 1. The summed E-state index contributed by atoms with van der Waals surface area (Å²) in [4.78, 5) is 11.3. The standard InChI is InChI=1S/C10H12O3S2/c1-7-8(11)4-5-9(7)15(12,13)10-3-2-6-14-10/h2-3,6-7,9H,4-5H2,1H3. The molecule has 1 saturated carbocycles. The van der Waals surface area contributed by atoms with Crippen molar-refractivity contribution in [1.82, 2.24) is 0 Å². The molecular formula is C10H12O3S2. The smallest absolute Gasteiger partial charge is 0.191 e. The van der Waals surface area contributed by atoms with Crippen LogP contribution in [0.2, 0.25) is 0 Å². The highest BCUT2D eigenvalue weighted by Gasteiger charge is 2.40. The van der Waals surface area contributed by atoms with Crippen molar-refractivity contribution in [2.24, 2.45) is 5.92 Å². The van der Waals surface area contributed by atoms with Crippen molar-refractivity contribution in [3.05, 3.63) is 17.5 Å². The van der Waals surface area contributed by atoms with Crippen LogP contribution in [0.5, 0.6) is 0 Å². The highest BCUT2D eigenvalue weighted by molar-refractivity contribution is 7.94. The molecule has 0 spiro atoms. The summed E-state index contributed by atoms with van der Waals surface area (Å²) in [6.07, 6.45) is 0.872. The van der Waals surface area contributed by atoms with Gasteiger partial charge in [0.15, 0.2) is 9.84 Å². The Balaban J connectivity index is 2.36. The maximum atomic E-state index is 12.1. The van der Waals surface area contributed by atoms with Crippen molar-refractivity contribution in [2.45, 2.75) is 29.2 Å². The molecule has 15 heavy (non-hydrogen) atoms. The Morgan fingerprint density at radius 2 is 2.20 bits per heavy atom. The summed E-state index contributed by atoms with van der Waals surface area (Å²) in [6, 6.07) is 3.33. The predicted octanol–water partition coefficient (Wildman–Crippen LogP) is 1.89. The van der Waals surface area contributed by atoms with E-state index in [9.17, 15) is 13.2 Å². The molecule has 1 fully saturated rings. The summed E-state index contributed by atoms with van der Waals surface area (Å²) < 4.78 is 24.6. The number of rotatable bonds is 2. The van der Waals surface area contributed by atoms with Crippen LogP contribution in [0.4, 0.5) is 0 Å². The minimum atomic E-state index is -3.28. The lowest BCUT2D eigenvalue weighted by atomic mass is 10.1. The molecule has 5 heteroatoms. The molecule has 82 valence electrons. The summed E-state index contributed by atoms with van der Waals surface area (Å²) in [5.41, 5.74) is 0. The number of hydrogen-bond acceptors (Lipinski definition) is 4. The van der Waals surface area contributed by atoms with Gasteiger partial charge in [-0.1, -0.05) is 13.0 Å². The fourth-order valence-electron chi connectivity index (χ4n) is 1.97. The van der Waals surface area contributed by atoms with Crippen LogP contribution in [0, 0.1) is 5.92 Å². The first-order chi connectivity index (χ1) is 7.03. The van der Waals surface area contributed by atoms with Crippen LogP contribution >= 0.6 is 11.3 Å². The van der Waals surface area contributed by atoms with Crippen molar-refractivity contribution >= 4 is 27.0 Å². The van der Waals surface area contributed by atoms with Gasteiger partial charge in [0, 0.05) is 12.3 Å². The monoisotopic (exact) mass is 244 g/mol. The second kappa shape index (κ2) is 3.72. The van der Waals surface area contributed by atoms with Gasteiger partial charge in [-0.3, -0.25) is 4.79 Å². The van der Waals surface area contributed by atoms with Crippen LogP contribution in [-0.4, -0.2) is 19.5 Å². The van der Waals surface area contributed by atoms with E-state index in [-0.39, 0.29) is 11.7 Å².